The predicted octanol–water partition coefficient (Wildman–Crippen LogP) is 1.52. The highest BCUT2D eigenvalue weighted by molar-refractivity contribution is 4.94. The van der Waals surface area contributed by atoms with Crippen LogP contribution in [0.2, 0.25) is 0 Å². The second-order valence-corrected chi connectivity index (χ2v) is 3.61. The fourth-order valence-electron chi connectivity index (χ4n) is 2.13. The van der Waals surface area contributed by atoms with Gasteiger partial charge in [-0.1, -0.05) is 19.3 Å². The van der Waals surface area contributed by atoms with Crippen molar-refractivity contribution in [3.05, 3.63) is 0 Å². The number of hydrogen-bond acceptors (Lipinski definition) is 1. The van der Waals surface area contributed by atoms with Crippen molar-refractivity contribution in [2.75, 3.05) is 0 Å². The third kappa shape index (κ3) is 0.983. The van der Waals surface area contributed by atoms with Gasteiger partial charge in [0.2, 0.25) is 0 Å². The third-order valence-corrected chi connectivity index (χ3v) is 2.89. The summed E-state index contributed by atoms with van der Waals surface area (Å²) >= 11 is 0. The molecule has 1 nitrogen and oxygen atoms in total. The van der Waals surface area contributed by atoms with Crippen molar-refractivity contribution in [1.29, 1.82) is 0 Å². The maximum atomic E-state index is 5.92. The molecule has 2 aliphatic carbocycles. The summed E-state index contributed by atoms with van der Waals surface area (Å²) < 4.78 is 0. The molecule has 0 aromatic carbocycles. The summed E-state index contributed by atoms with van der Waals surface area (Å²) in [4.78, 5) is 0. The Morgan fingerprint density at radius 1 is 1.11 bits per heavy atom. The highest BCUT2D eigenvalue weighted by Gasteiger charge is 2.41. The molecule has 0 saturated heterocycles. The lowest BCUT2D eigenvalue weighted by Gasteiger charge is -2.05. The first-order valence-electron chi connectivity index (χ1n) is 4.13. The molecule has 0 aliphatic heterocycles. The molecular formula is C8H15N. The second kappa shape index (κ2) is 1.98. The van der Waals surface area contributed by atoms with Gasteiger partial charge in [-0.3, -0.25) is 0 Å². The highest BCUT2D eigenvalue weighted by atomic mass is 14.7. The largest absolute Gasteiger partial charge is 0.327 e. The molecule has 2 aliphatic rings. The van der Waals surface area contributed by atoms with E-state index in [1.54, 1.807) is 0 Å². The van der Waals surface area contributed by atoms with Crippen LogP contribution in [0.1, 0.15) is 32.1 Å². The average Bonchev–Trinajstić information content (AvgIpc) is 2.55. The zero-order valence-corrected chi connectivity index (χ0v) is 5.84. The van der Waals surface area contributed by atoms with Crippen molar-refractivity contribution in [1.82, 2.24) is 0 Å². The zero-order valence-electron chi connectivity index (χ0n) is 5.84. The van der Waals surface area contributed by atoms with Gasteiger partial charge in [0.05, 0.1) is 0 Å². The minimum absolute atomic E-state index is 0.567. The van der Waals surface area contributed by atoms with Crippen LogP contribution in [0.15, 0.2) is 0 Å². The normalized spacial score (nSPS) is 49.7. The van der Waals surface area contributed by atoms with Gasteiger partial charge in [0.15, 0.2) is 0 Å². The Balaban J connectivity index is 1.96. The molecule has 0 heterocycles. The molecule has 0 bridgehead atoms. The van der Waals surface area contributed by atoms with Gasteiger partial charge >= 0.3 is 0 Å². The first kappa shape index (κ1) is 5.72. The standard InChI is InChI=1S/C8H15N/c9-8-4-2-1-3-6-5-7(6)8/h6-8H,1-5,9H2. The van der Waals surface area contributed by atoms with E-state index < -0.39 is 0 Å². The molecule has 0 radical (unpaired) electrons. The van der Waals surface area contributed by atoms with Gasteiger partial charge < -0.3 is 5.73 Å². The van der Waals surface area contributed by atoms with Crippen LogP contribution in [-0.4, -0.2) is 6.04 Å². The van der Waals surface area contributed by atoms with Crippen molar-refractivity contribution in [2.24, 2.45) is 17.6 Å². The Morgan fingerprint density at radius 3 is 2.78 bits per heavy atom. The monoisotopic (exact) mass is 125 g/mol. The van der Waals surface area contributed by atoms with Gasteiger partial charge in [-0.25, -0.2) is 0 Å². The van der Waals surface area contributed by atoms with E-state index in [0.717, 1.165) is 11.8 Å². The van der Waals surface area contributed by atoms with Crippen LogP contribution in [-0.2, 0) is 0 Å². The van der Waals surface area contributed by atoms with Crippen molar-refractivity contribution >= 4 is 0 Å². The summed E-state index contributed by atoms with van der Waals surface area (Å²) in [7, 11) is 0. The lowest BCUT2D eigenvalue weighted by atomic mass is 10.1. The fourth-order valence-corrected chi connectivity index (χ4v) is 2.13. The highest BCUT2D eigenvalue weighted by Crippen LogP contribution is 2.47. The predicted molar refractivity (Wildman–Crippen MR) is 38.0 cm³/mol. The van der Waals surface area contributed by atoms with Crippen LogP contribution in [0.5, 0.6) is 0 Å². The molecule has 2 saturated carbocycles. The maximum absolute atomic E-state index is 5.92. The quantitative estimate of drug-likeness (QED) is 0.522. The first-order valence-corrected chi connectivity index (χ1v) is 4.13. The molecule has 1 heteroatoms. The minimum atomic E-state index is 0.567. The molecule has 2 fully saturated rings. The van der Waals surface area contributed by atoms with Crippen LogP contribution < -0.4 is 5.73 Å². The summed E-state index contributed by atoms with van der Waals surface area (Å²) in [5, 5.41) is 0. The van der Waals surface area contributed by atoms with Gasteiger partial charge in [0.25, 0.3) is 0 Å². The van der Waals surface area contributed by atoms with E-state index in [0.29, 0.717) is 6.04 Å². The number of rotatable bonds is 0. The van der Waals surface area contributed by atoms with Crippen LogP contribution in [0.25, 0.3) is 0 Å². The molecule has 0 amide bonds. The van der Waals surface area contributed by atoms with Crippen LogP contribution in [0.3, 0.4) is 0 Å². The number of nitrogens with two attached hydrogens (primary N) is 1. The van der Waals surface area contributed by atoms with E-state index in [-0.39, 0.29) is 0 Å². The van der Waals surface area contributed by atoms with Crippen molar-refractivity contribution in [3.8, 4) is 0 Å². The Bertz CT molecular complexity index is 111. The molecular weight excluding hydrogens is 110 g/mol. The molecule has 2 rings (SSSR count). The second-order valence-electron chi connectivity index (χ2n) is 3.61. The van der Waals surface area contributed by atoms with E-state index in [4.69, 9.17) is 5.73 Å². The third-order valence-electron chi connectivity index (χ3n) is 2.89. The van der Waals surface area contributed by atoms with Gasteiger partial charge in [0, 0.05) is 6.04 Å². The molecule has 3 unspecified atom stereocenters. The zero-order chi connectivity index (χ0) is 6.27. The van der Waals surface area contributed by atoms with E-state index in [1.165, 1.54) is 32.1 Å². The molecule has 3 atom stereocenters. The SMILES string of the molecule is NC1CCCCC2CC12. The molecule has 0 aromatic rings. The molecule has 0 aromatic heterocycles. The molecule has 2 N–H and O–H groups in total. The van der Waals surface area contributed by atoms with Gasteiger partial charge in [-0.05, 0) is 24.7 Å². The smallest absolute Gasteiger partial charge is 0.00699 e. The van der Waals surface area contributed by atoms with Crippen molar-refractivity contribution in [3.63, 3.8) is 0 Å². The Labute approximate surface area is 56.6 Å². The fraction of sp³-hybridized carbons (Fsp3) is 1.00. The maximum Gasteiger partial charge on any atom is 0.00699 e. The minimum Gasteiger partial charge on any atom is -0.327 e. The average molecular weight is 125 g/mol. The number of fused-ring (bicyclic) bond motifs is 1. The first-order chi connectivity index (χ1) is 4.38. The van der Waals surface area contributed by atoms with E-state index in [2.05, 4.69) is 0 Å². The van der Waals surface area contributed by atoms with Gasteiger partial charge in [-0.15, -0.1) is 0 Å². The lowest BCUT2D eigenvalue weighted by molar-refractivity contribution is 0.541. The number of hydrogen-bond donors (Lipinski definition) is 1. The van der Waals surface area contributed by atoms with E-state index >= 15 is 0 Å². The van der Waals surface area contributed by atoms with E-state index in [9.17, 15) is 0 Å². The van der Waals surface area contributed by atoms with Crippen LogP contribution >= 0.6 is 0 Å². The van der Waals surface area contributed by atoms with Crippen molar-refractivity contribution in [2.45, 2.75) is 38.1 Å². The van der Waals surface area contributed by atoms with Crippen LogP contribution in [0, 0.1) is 11.8 Å². The molecule has 9 heavy (non-hydrogen) atoms. The Morgan fingerprint density at radius 2 is 1.89 bits per heavy atom. The lowest BCUT2D eigenvalue weighted by Crippen LogP contribution is -2.21. The summed E-state index contributed by atoms with van der Waals surface area (Å²) in [6.45, 7) is 0. The van der Waals surface area contributed by atoms with Gasteiger partial charge in [-0.2, -0.15) is 0 Å². The Hall–Kier alpha value is -0.0400. The molecule has 52 valence electrons. The van der Waals surface area contributed by atoms with Crippen LogP contribution in [0.4, 0.5) is 0 Å². The summed E-state index contributed by atoms with van der Waals surface area (Å²) in [6, 6.07) is 0.567. The summed E-state index contributed by atoms with van der Waals surface area (Å²) in [5.41, 5.74) is 5.92. The molecule has 0 spiro atoms. The van der Waals surface area contributed by atoms with Crippen molar-refractivity contribution < 1.29 is 0 Å². The van der Waals surface area contributed by atoms with E-state index in [1.807, 2.05) is 0 Å². The topological polar surface area (TPSA) is 26.0 Å². The summed E-state index contributed by atoms with van der Waals surface area (Å²) in [5.74, 6) is 1.98. The Kier molecular flexibility index (Phi) is 1.26. The summed E-state index contributed by atoms with van der Waals surface area (Å²) in [6.07, 6.45) is 7.03. The van der Waals surface area contributed by atoms with Gasteiger partial charge in [0.1, 0.15) is 0 Å².